The minimum absolute atomic E-state index is 0.0550. The Morgan fingerprint density at radius 1 is 1.27 bits per heavy atom. The number of benzene rings is 1. The Bertz CT molecular complexity index is 669. The van der Waals surface area contributed by atoms with Gasteiger partial charge in [0.15, 0.2) is 9.84 Å². The second-order valence-electron chi connectivity index (χ2n) is 6.06. The van der Waals surface area contributed by atoms with Crippen molar-refractivity contribution >= 4 is 31.7 Å². The van der Waals surface area contributed by atoms with Gasteiger partial charge < -0.3 is 9.80 Å². The molecule has 1 aromatic carbocycles. The molecule has 0 aromatic heterocycles. The van der Waals surface area contributed by atoms with Gasteiger partial charge in [0.05, 0.1) is 31.9 Å². The first-order valence-electron chi connectivity index (χ1n) is 7.54. The summed E-state index contributed by atoms with van der Waals surface area (Å²) in [7, 11) is -2.83. The van der Waals surface area contributed by atoms with Crippen molar-refractivity contribution < 1.29 is 18.1 Å². The molecule has 7 heteroatoms. The summed E-state index contributed by atoms with van der Waals surface area (Å²) in [6, 6.07) is 7.65. The van der Waals surface area contributed by atoms with Crippen molar-refractivity contribution in [2.24, 2.45) is 0 Å². The third-order valence-corrected chi connectivity index (χ3v) is 6.84. The molecule has 2 heterocycles. The maximum absolute atomic E-state index is 12.5. The molecule has 2 saturated heterocycles. The standard InChI is InChI=1S/C15H19BrN2O3S/c16-13-3-1-2-12(10-13)15(19)18-7-5-17(6-8-18)14-4-9-22(20,21)11-14/h1-3,10,14H,4-9,11H2/p+1/t14-/m0/s1. The van der Waals surface area contributed by atoms with Crippen LogP contribution < -0.4 is 4.90 Å². The molecule has 2 aliphatic heterocycles. The number of halogens is 1. The lowest BCUT2D eigenvalue weighted by molar-refractivity contribution is -0.925. The van der Waals surface area contributed by atoms with Crippen molar-refractivity contribution in [3.8, 4) is 0 Å². The lowest BCUT2D eigenvalue weighted by Gasteiger charge is -2.35. The van der Waals surface area contributed by atoms with Crippen LogP contribution in [0.25, 0.3) is 0 Å². The molecule has 5 nitrogen and oxygen atoms in total. The van der Waals surface area contributed by atoms with E-state index in [0.717, 1.165) is 24.0 Å². The van der Waals surface area contributed by atoms with E-state index in [1.807, 2.05) is 29.2 Å². The number of piperazine rings is 1. The van der Waals surface area contributed by atoms with E-state index in [4.69, 9.17) is 0 Å². The quantitative estimate of drug-likeness (QED) is 0.775. The van der Waals surface area contributed by atoms with Crippen LogP contribution in [0, 0.1) is 0 Å². The van der Waals surface area contributed by atoms with Gasteiger partial charge in [-0.1, -0.05) is 22.0 Å². The van der Waals surface area contributed by atoms with Gasteiger partial charge in [-0.15, -0.1) is 0 Å². The first-order valence-corrected chi connectivity index (χ1v) is 10.2. The lowest BCUT2D eigenvalue weighted by Crippen LogP contribution is -3.18. The highest BCUT2D eigenvalue weighted by Gasteiger charge is 2.37. The normalized spacial score (nSPS) is 25.3. The molecule has 0 unspecified atom stereocenters. The Kier molecular flexibility index (Phi) is 4.56. The molecule has 0 saturated carbocycles. The van der Waals surface area contributed by atoms with Crippen LogP contribution in [0.4, 0.5) is 0 Å². The minimum atomic E-state index is -2.83. The van der Waals surface area contributed by atoms with Gasteiger partial charge in [-0.2, -0.15) is 0 Å². The van der Waals surface area contributed by atoms with Crippen LogP contribution >= 0.6 is 15.9 Å². The summed E-state index contributed by atoms with van der Waals surface area (Å²) in [5.74, 6) is 0.684. The number of hydrogen-bond acceptors (Lipinski definition) is 3. The van der Waals surface area contributed by atoms with Crippen molar-refractivity contribution in [2.45, 2.75) is 12.5 Å². The average Bonchev–Trinajstić information content (AvgIpc) is 2.87. The maximum atomic E-state index is 12.5. The average molecular weight is 388 g/mol. The molecule has 2 fully saturated rings. The van der Waals surface area contributed by atoms with Crippen LogP contribution in [0.2, 0.25) is 0 Å². The summed E-state index contributed by atoms with van der Waals surface area (Å²) >= 11 is 3.39. The predicted molar refractivity (Wildman–Crippen MR) is 87.8 cm³/mol. The van der Waals surface area contributed by atoms with E-state index in [1.165, 1.54) is 4.90 Å². The molecule has 0 radical (unpaired) electrons. The summed E-state index contributed by atoms with van der Waals surface area (Å²) in [6.45, 7) is 3.05. The molecule has 1 N–H and O–H groups in total. The number of nitrogens with one attached hydrogen (secondary N) is 1. The van der Waals surface area contributed by atoms with Gasteiger partial charge in [-0.25, -0.2) is 8.42 Å². The number of rotatable bonds is 2. The van der Waals surface area contributed by atoms with Crippen LogP contribution in [0.1, 0.15) is 16.8 Å². The molecule has 1 aromatic rings. The third-order valence-electron chi connectivity index (χ3n) is 4.57. The van der Waals surface area contributed by atoms with Crippen molar-refractivity contribution in [3.63, 3.8) is 0 Å². The van der Waals surface area contributed by atoms with E-state index in [1.54, 1.807) is 0 Å². The van der Waals surface area contributed by atoms with Gasteiger partial charge in [-0.05, 0) is 18.2 Å². The van der Waals surface area contributed by atoms with Crippen molar-refractivity contribution in [1.29, 1.82) is 0 Å². The summed E-state index contributed by atoms with van der Waals surface area (Å²) < 4.78 is 24.1. The van der Waals surface area contributed by atoms with E-state index in [2.05, 4.69) is 15.9 Å². The molecule has 1 amide bonds. The SMILES string of the molecule is O=C(c1cccc(Br)c1)N1CC[NH+]([C@H]2CCS(=O)(=O)C2)CC1. The van der Waals surface area contributed by atoms with Crippen LogP contribution in [0.5, 0.6) is 0 Å². The van der Waals surface area contributed by atoms with Gasteiger partial charge in [0.1, 0.15) is 11.8 Å². The Morgan fingerprint density at radius 2 is 2.00 bits per heavy atom. The second-order valence-corrected chi connectivity index (χ2v) is 9.21. The molecule has 120 valence electrons. The molecule has 2 aliphatic rings. The van der Waals surface area contributed by atoms with E-state index in [0.29, 0.717) is 30.2 Å². The molecule has 1 atom stereocenters. The predicted octanol–water partition coefficient (Wildman–Crippen LogP) is -0.0231. The zero-order chi connectivity index (χ0) is 15.7. The first kappa shape index (κ1) is 16.0. The number of quaternary nitrogens is 1. The van der Waals surface area contributed by atoms with Crippen molar-refractivity contribution in [1.82, 2.24) is 4.90 Å². The molecule has 0 aliphatic carbocycles. The highest BCUT2D eigenvalue weighted by molar-refractivity contribution is 9.10. The van der Waals surface area contributed by atoms with Crippen molar-refractivity contribution in [2.75, 3.05) is 37.7 Å². The molecular formula is C15H20BrN2O3S+. The molecule has 3 rings (SSSR count). The van der Waals surface area contributed by atoms with Crippen molar-refractivity contribution in [3.05, 3.63) is 34.3 Å². The monoisotopic (exact) mass is 387 g/mol. The zero-order valence-electron chi connectivity index (χ0n) is 12.3. The van der Waals surface area contributed by atoms with E-state index < -0.39 is 9.84 Å². The van der Waals surface area contributed by atoms with Crippen LogP contribution in [0.15, 0.2) is 28.7 Å². The summed E-state index contributed by atoms with van der Waals surface area (Å²) in [5.41, 5.74) is 0.696. The Hall–Kier alpha value is -0.920. The molecular weight excluding hydrogens is 368 g/mol. The van der Waals surface area contributed by atoms with Crippen LogP contribution in [-0.4, -0.2) is 63.0 Å². The topological polar surface area (TPSA) is 58.9 Å². The van der Waals surface area contributed by atoms with E-state index in [9.17, 15) is 13.2 Å². The van der Waals surface area contributed by atoms with E-state index >= 15 is 0 Å². The van der Waals surface area contributed by atoms with E-state index in [-0.39, 0.29) is 11.9 Å². The summed E-state index contributed by atoms with van der Waals surface area (Å²) in [4.78, 5) is 15.7. The van der Waals surface area contributed by atoms with Gasteiger partial charge >= 0.3 is 0 Å². The largest absolute Gasteiger partial charge is 0.329 e. The smallest absolute Gasteiger partial charge is 0.254 e. The van der Waals surface area contributed by atoms with Gasteiger partial charge in [0, 0.05) is 16.5 Å². The number of nitrogens with zero attached hydrogens (tertiary/aromatic N) is 1. The Morgan fingerprint density at radius 3 is 2.59 bits per heavy atom. The fourth-order valence-electron chi connectivity index (χ4n) is 3.33. The number of sulfone groups is 1. The Labute approximate surface area is 139 Å². The number of amides is 1. The zero-order valence-corrected chi connectivity index (χ0v) is 14.7. The lowest BCUT2D eigenvalue weighted by atomic mass is 10.1. The fraction of sp³-hybridized carbons (Fsp3) is 0.533. The Balaban J connectivity index is 1.59. The maximum Gasteiger partial charge on any atom is 0.254 e. The van der Waals surface area contributed by atoms with Gasteiger partial charge in [-0.3, -0.25) is 4.79 Å². The number of carbonyl (C=O) groups is 1. The van der Waals surface area contributed by atoms with Gasteiger partial charge in [0.2, 0.25) is 0 Å². The fourth-order valence-corrected chi connectivity index (χ4v) is 5.55. The highest BCUT2D eigenvalue weighted by atomic mass is 79.9. The minimum Gasteiger partial charge on any atom is -0.329 e. The van der Waals surface area contributed by atoms with Crippen LogP contribution in [-0.2, 0) is 9.84 Å². The number of hydrogen-bond donors (Lipinski definition) is 1. The molecule has 22 heavy (non-hydrogen) atoms. The second kappa shape index (κ2) is 6.29. The van der Waals surface area contributed by atoms with Gasteiger partial charge in [0.25, 0.3) is 5.91 Å². The third kappa shape index (κ3) is 3.52. The molecule has 0 spiro atoms. The summed E-state index contributed by atoms with van der Waals surface area (Å²) in [5, 5.41) is 0. The molecule has 0 bridgehead atoms. The first-order chi connectivity index (χ1) is 10.4. The highest BCUT2D eigenvalue weighted by Crippen LogP contribution is 2.14. The summed E-state index contributed by atoms with van der Waals surface area (Å²) in [6.07, 6.45) is 0.761. The number of carbonyl (C=O) groups excluding carboxylic acids is 1. The van der Waals surface area contributed by atoms with Crippen LogP contribution in [0.3, 0.4) is 0 Å².